The van der Waals surface area contributed by atoms with Gasteiger partial charge in [-0.25, -0.2) is 0 Å². The highest BCUT2D eigenvalue weighted by Crippen LogP contribution is 2.48. The van der Waals surface area contributed by atoms with Crippen molar-refractivity contribution < 1.29 is 9.47 Å². The number of nitrogens with zero attached hydrogens (tertiary/aromatic N) is 3. The summed E-state index contributed by atoms with van der Waals surface area (Å²) in [5.41, 5.74) is 5.35. The molecule has 2 aromatic rings. The number of likely N-dealkylation sites (N-methyl/N-ethyl adjacent to an activating group) is 1. The summed E-state index contributed by atoms with van der Waals surface area (Å²) < 4.78 is 11.1. The van der Waals surface area contributed by atoms with E-state index in [0.717, 1.165) is 30.9 Å². The van der Waals surface area contributed by atoms with E-state index in [4.69, 9.17) is 9.47 Å². The first-order valence-corrected chi connectivity index (χ1v) is 9.85. The molecule has 28 heavy (non-hydrogen) atoms. The van der Waals surface area contributed by atoms with Gasteiger partial charge in [-0.15, -0.1) is 0 Å². The Labute approximate surface area is 166 Å². The van der Waals surface area contributed by atoms with Gasteiger partial charge in [-0.05, 0) is 54.3 Å². The molecule has 5 nitrogen and oxygen atoms in total. The summed E-state index contributed by atoms with van der Waals surface area (Å²) >= 11 is 0. The molecule has 3 heterocycles. The molecule has 1 fully saturated rings. The summed E-state index contributed by atoms with van der Waals surface area (Å²) in [6.45, 7) is 0.850. The number of rotatable bonds is 2. The molecule has 0 radical (unpaired) electrons. The summed E-state index contributed by atoms with van der Waals surface area (Å²) in [4.78, 5) is 4.87. The number of nitriles is 1. The first-order valence-electron chi connectivity index (χ1n) is 9.85. The lowest BCUT2D eigenvalue weighted by molar-refractivity contribution is -0.0521. The molecule has 2 aromatic carbocycles. The van der Waals surface area contributed by atoms with Gasteiger partial charge in [0.1, 0.15) is 6.04 Å². The predicted octanol–water partition coefficient (Wildman–Crippen LogP) is 2.93. The Balaban J connectivity index is 1.66. The minimum atomic E-state index is -0.110. The fraction of sp³-hybridized carbons (Fsp3) is 0.435. The smallest absolute Gasteiger partial charge is 0.161 e. The molecule has 2 bridgehead atoms. The lowest BCUT2D eigenvalue weighted by Gasteiger charge is -2.57. The Morgan fingerprint density at radius 2 is 1.64 bits per heavy atom. The summed E-state index contributed by atoms with van der Waals surface area (Å²) in [7, 11) is 5.55. The Morgan fingerprint density at radius 3 is 2.36 bits per heavy atom. The van der Waals surface area contributed by atoms with Crippen molar-refractivity contribution in [3.05, 3.63) is 58.7 Å². The third-order valence-corrected chi connectivity index (χ3v) is 6.90. The van der Waals surface area contributed by atoms with Crippen molar-refractivity contribution in [2.24, 2.45) is 0 Å². The van der Waals surface area contributed by atoms with Gasteiger partial charge in [-0.3, -0.25) is 9.80 Å². The van der Waals surface area contributed by atoms with Gasteiger partial charge in [-0.1, -0.05) is 24.3 Å². The van der Waals surface area contributed by atoms with E-state index >= 15 is 0 Å². The van der Waals surface area contributed by atoms with Crippen molar-refractivity contribution in [1.29, 1.82) is 5.26 Å². The second-order valence-corrected chi connectivity index (χ2v) is 8.07. The zero-order valence-electron chi connectivity index (χ0n) is 16.6. The lowest BCUT2D eigenvalue weighted by Crippen LogP contribution is -2.67. The molecule has 0 amide bonds. The summed E-state index contributed by atoms with van der Waals surface area (Å²) in [6.07, 6.45) is 1.82. The maximum Gasteiger partial charge on any atom is 0.161 e. The van der Waals surface area contributed by atoms with Crippen LogP contribution in [0, 0.1) is 11.3 Å². The van der Waals surface area contributed by atoms with Crippen molar-refractivity contribution in [3.63, 3.8) is 0 Å². The van der Waals surface area contributed by atoms with Gasteiger partial charge in [0.25, 0.3) is 0 Å². The average Bonchev–Trinajstić information content (AvgIpc) is 2.72. The van der Waals surface area contributed by atoms with E-state index in [0.29, 0.717) is 0 Å². The SMILES string of the molecule is COc1cc2c(cc1OC)[C@@H]1[C@H]3Cc4ccccc4CN3C(C#N)[C@H](C2)N1C. The Hall–Kier alpha value is -2.55. The second kappa shape index (κ2) is 6.51. The van der Waals surface area contributed by atoms with Crippen LogP contribution in [0.3, 0.4) is 0 Å². The zero-order valence-corrected chi connectivity index (χ0v) is 16.6. The van der Waals surface area contributed by atoms with Crippen LogP contribution < -0.4 is 9.47 Å². The van der Waals surface area contributed by atoms with Crippen molar-refractivity contribution in [3.8, 4) is 17.6 Å². The first-order chi connectivity index (χ1) is 13.7. The van der Waals surface area contributed by atoms with Crippen LogP contribution in [0.5, 0.6) is 11.5 Å². The maximum absolute atomic E-state index is 10.1. The molecule has 3 aliphatic rings. The molecule has 0 aromatic heterocycles. The van der Waals surface area contributed by atoms with Gasteiger partial charge in [0.2, 0.25) is 0 Å². The molecule has 1 unspecified atom stereocenters. The van der Waals surface area contributed by atoms with Crippen LogP contribution in [-0.2, 0) is 19.4 Å². The van der Waals surface area contributed by atoms with Gasteiger partial charge < -0.3 is 9.47 Å². The molecule has 144 valence electrons. The molecular formula is C23H25N3O2. The van der Waals surface area contributed by atoms with Crippen molar-refractivity contribution in [2.75, 3.05) is 21.3 Å². The highest BCUT2D eigenvalue weighted by Gasteiger charge is 2.51. The third-order valence-electron chi connectivity index (χ3n) is 6.90. The van der Waals surface area contributed by atoms with Crippen molar-refractivity contribution in [2.45, 2.75) is 43.6 Å². The largest absolute Gasteiger partial charge is 0.493 e. The monoisotopic (exact) mass is 375 g/mol. The number of fused-ring (bicyclic) bond motifs is 7. The number of ether oxygens (including phenoxy) is 2. The summed E-state index contributed by atoms with van der Waals surface area (Å²) in [6, 6.07) is 16.1. The predicted molar refractivity (Wildman–Crippen MR) is 106 cm³/mol. The Bertz CT molecular complexity index is 967. The zero-order chi connectivity index (χ0) is 19.4. The Morgan fingerprint density at radius 1 is 0.964 bits per heavy atom. The molecule has 4 atom stereocenters. The molecule has 0 N–H and O–H groups in total. The lowest BCUT2D eigenvalue weighted by atomic mass is 9.74. The van der Waals surface area contributed by atoms with Gasteiger partial charge >= 0.3 is 0 Å². The topological polar surface area (TPSA) is 48.7 Å². The number of methoxy groups -OCH3 is 2. The standard InChI is InChI=1S/C23H25N3O2/c1-25-18-9-16-10-21(27-2)22(28-3)11-17(16)23(25)19-8-14-6-4-5-7-15(14)13-26(19)20(18)12-24/h4-7,10-11,18-20,23H,8-9,13H2,1-3H3/t18-,19+,20?,23+/m0/s1. The fourth-order valence-electron chi connectivity index (χ4n) is 5.54. The molecule has 0 spiro atoms. The average molecular weight is 375 g/mol. The van der Waals surface area contributed by atoms with Crippen LogP contribution in [0.25, 0.3) is 0 Å². The van der Waals surface area contributed by atoms with E-state index in [1.807, 2.05) is 0 Å². The minimum Gasteiger partial charge on any atom is -0.493 e. The van der Waals surface area contributed by atoms with Crippen LogP contribution >= 0.6 is 0 Å². The van der Waals surface area contributed by atoms with Crippen LogP contribution in [0.4, 0.5) is 0 Å². The van der Waals surface area contributed by atoms with E-state index in [-0.39, 0.29) is 24.2 Å². The van der Waals surface area contributed by atoms with E-state index in [9.17, 15) is 5.26 Å². The fourth-order valence-corrected chi connectivity index (χ4v) is 5.54. The first kappa shape index (κ1) is 17.5. The molecule has 0 saturated carbocycles. The number of hydrogen-bond donors (Lipinski definition) is 0. The number of hydrogen-bond acceptors (Lipinski definition) is 5. The van der Waals surface area contributed by atoms with E-state index in [1.54, 1.807) is 14.2 Å². The highest BCUT2D eigenvalue weighted by atomic mass is 16.5. The third kappa shape index (κ3) is 2.38. The molecule has 5 rings (SSSR count). The molecule has 3 aliphatic heterocycles. The van der Waals surface area contributed by atoms with Gasteiger partial charge in [-0.2, -0.15) is 5.26 Å². The highest BCUT2D eigenvalue weighted by molar-refractivity contribution is 5.51. The second-order valence-electron chi connectivity index (χ2n) is 8.07. The van der Waals surface area contributed by atoms with Crippen LogP contribution in [0.1, 0.15) is 28.3 Å². The molecule has 1 saturated heterocycles. The van der Waals surface area contributed by atoms with Gasteiger partial charge in [0.05, 0.1) is 26.3 Å². The molecule has 0 aliphatic carbocycles. The number of benzene rings is 2. The van der Waals surface area contributed by atoms with E-state index < -0.39 is 0 Å². The number of piperazine rings is 1. The quantitative estimate of drug-likeness (QED) is 0.808. The Kier molecular flexibility index (Phi) is 4.08. The minimum absolute atomic E-state index is 0.110. The van der Waals surface area contributed by atoms with E-state index in [1.165, 1.54) is 22.3 Å². The summed E-state index contributed by atoms with van der Waals surface area (Å²) in [5.74, 6) is 1.54. The van der Waals surface area contributed by atoms with Crippen LogP contribution in [0.2, 0.25) is 0 Å². The van der Waals surface area contributed by atoms with E-state index in [2.05, 4.69) is 59.3 Å². The van der Waals surface area contributed by atoms with Gasteiger partial charge in [0.15, 0.2) is 11.5 Å². The van der Waals surface area contributed by atoms with Crippen LogP contribution in [-0.4, -0.2) is 49.2 Å². The summed E-state index contributed by atoms with van der Waals surface area (Å²) in [5, 5.41) is 10.1. The van der Waals surface area contributed by atoms with Crippen LogP contribution in [0.15, 0.2) is 36.4 Å². The van der Waals surface area contributed by atoms with Crippen molar-refractivity contribution >= 4 is 0 Å². The molecular weight excluding hydrogens is 350 g/mol. The maximum atomic E-state index is 10.1. The normalized spacial score (nSPS) is 28.5. The van der Waals surface area contributed by atoms with Gasteiger partial charge in [0, 0.05) is 18.6 Å². The molecule has 5 heteroatoms. The van der Waals surface area contributed by atoms with Crippen molar-refractivity contribution in [1.82, 2.24) is 9.80 Å².